The minimum atomic E-state index is 0.161. The van der Waals surface area contributed by atoms with Crippen LogP contribution in [0.15, 0.2) is 24.3 Å². The minimum absolute atomic E-state index is 0.161. The summed E-state index contributed by atoms with van der Waals surface area (Å²) in [4.78, 5) is 15.0. The molecule has 2 fully saturated rings. The second-order valence-electron chi connectivity index (χ2n) is 7.31. The van der Waals surface area contributed by atoms with Crippen molar-refractivity contribution < 1.29 is 4.79 Å². The molecule has 1 saturated carbocycles. The van der Waals surface area contributed by atoms with Crippen LogP contribution in [0, 0.1) is 5.92 Å². The van der Waals surface area contributed by atoms with Crippen LogP contribution in [-0.2, 0) is 16.6 Å². The third kappa shape index (κ3) is 2.90. The van der Waals surface area contributed by atoms with Gasteiger partial charge in [0.15, 0.2) is 0 Å². The first kappa shape index (κ1) is 15.2. The molecule has 4 nitrogen and oxygen atoms in total. The zero-order chi connectivity index (χ0) is 15.7. The van der Waals surface area contributed by atoms with E-state index in [0.29, 0.717) is 0 Å². The van der Waals surface area contributed by atoms with Crippen molar-refractivity contribution in [3.63, 3.8) is 0 Å². The second-order valence-corrected chi connectivity index (χ2v) is 7.31. The normalized spacial score (nSPS) is 30.0. The molecule has 1 saturated heterocycles. The molecule has 124 valence electrons. The van der Waals surface area contributed by atoms with Gasteiger partial charge in [0.05, 0.1) is 0 Å². The number of nitrogens with one attached hydrogen (secondary N) is 2. The Bertz CT molecular complexity index is 582. The van der Waals surface area contributed by atoms with Crippen molar-refractivity contribution in [2.24, 2.45) is 5.92 Å². The van der Waals surface area contributed by atoms with Gasteiger partial charge in [-0.05, 0) is 36.8 Å². The van der Waals surface area contributed by atoms with Crippen molar-refractivity contribution in [2.45, 2.75) is 31.1 Å². The lowest BCUT2D eigenvalue weighted by atomic mass is 9.78. The first-order valence-corrected chi connectivity index (χ1v) is 9.09. The van der Waals surface area contributed by atoms with Gasteiger partial charge in [-0.1, -0.05) is 24.3 Å². The van der Waals surface area contributed by atoms with E-state index in [4.69, 9.17) is 0 Å². The van der Waals surface area contributed by atoms with Crippen LogP contribution >= 0.6 is 0 Å². The number of hydrogen-bond acceptors (Lipinski definition) is 3. The number of benzene rings is 1. The number of carbonyl (C=O) groups excluding carboxylic acids is 1. The SMILES string of the molecule is O=C(NCCN1CCNCC1)C1CC12CCCc1ccccc12. The average Bonchev–Trinajstić information content (AvgIpc) is 3.31. The van der Waals surface area contributed by atoms with E-state index >= 15 is 0 Å². The number of hydrogen-bond donors (Lipinski definition) is 2. The zero-order valence-corrected chi connectivity index (χ0v) is 13.8. The predicted molar refractivity (Wildman–Crippen MR) is 91.5 cm³/mol. The molecule has 23 heavy (non-hydrogen) atoms. The molecule has 3 aliphatic rings. The van der Waals surface area contributed by atoms with Crippen LogP contribution in [0.3, 0.4) is 0 Å². The van der Waals surface area contributed by atoms with Gasteiger partial charge in [-0.2, -0.15) is 0 Å². The van der Waals surface area contributed by atoms with Gasteiger partial charge in [0.1, 0.15) is 0 Å². The molecule has 0 aromatic heterocycles. The van der Waals surface area contributed by atoms with Crippen molar-refractivity contribution in [3.05, 3.63) is 35.4 Å². The summed E-state index contributed by atoms with van der Waals surface area (Å²) in [7, 11) is 0. The molecule has 4 heteroatoms. The van der Waals surface area contributed by atoms with Gasteiger partial charge < -0.3 is 10.6 Å². The number of rotatable bonds is 4. The minimum Gasteiger partial charge on any atom is -0.355 e. The molecule has 1 aromatic carbocycles. The van der Waals surface area contributed by atoms with Crippen molar-refractivity contribution in [1.29, 1.82) is 0 Å². The smallest absolute Gasteiger partial charge is 0.224 e. The van der Waals surface area contributed by atoms with Crippen LogP contribution in [0.1, 0.15) is 30.4 Å². The van der Waals surface area contributed by atoms with Gasteiger partial charge in [0.25, 0.3) is 0 Å². The molecule has 2 aliphatic carbocycles. The third-order valence-electron chi connectivity index (χ3n) is 5.95. The number of nitrogens with zero attached hydrogens (tertiary/aromatic N) is 1. The van der Waals surface area contributed by atoms with Crippen LogP contribution < -0.4 is 10.6 Å². The molecule has 1 heterocycles. The highest BCUT2D eigenvalue weighted by atomic mass is 16.2. The molecule has 1 amide bonds. The molecule has 4 rings (SSSR count). The third-order valence-corrected chi connectivity index (χ3v) is 5.95. The maximum Gasteiger partial charge on any atom is 0.224 e. The van der Waals surface area contributed by atoms with Crippen molar-refractivity contribution in [1.82, 2.24) is 15.5 Å². The number of piperazine rings is 1. The van der Waals surface area contributed by atoms with Crippen LogP contribution in [0.4, 0.5) is 0 Å². The van der Waals surface area contributed by atoms with E-state index in [0.717, 1.165) is 45.7 Å². The fraction of sp³-hybridized carbons (Fsp3) is 0.632. The standard InChI is InChI=1S/C19H27N3O/c23-18(21-10-13-22-11-8-20-9-12-22)17-14-19(17)7-3-5-15-4-1-2-6-16(15)19/h1-2,4,6,17,20H,3,5,7-14H2,(H,21,23). The van der Waals surface area contributed by atoms with Gasteiger partial charge >= 0.3 is 0 Å². The molecule has 0 bridgehead atoms. The summed E-state index contributed by atoms with van der Waals surface area (Å²) in [5.74, 6) is 0.476. The summed E-state index contributed by atoms with van der Waals surface area (Å²) < 4.78 is 0. The summed E-state index contributed by atoms with van der Waals surface area (Å²) in [6.45, 7) is 6.08. The van der Waals surface area contributed by atoms with Gasteiger partial charge in [0.2, 0.25) is 5.91 Å². The lowest BCUT2D eigenvalue weighted by Crippen LogP contribution is -2.46. The largest absolute Gasteiger partial charge is 0.355 e. The number of carbonyl (C=O) groups is 1. The average molecular weight is 313 g/mol. The second kappa shape index (κ2) is 6.25. The Morgan fingerprint density at radius 3 is 3.00 bits per heavy atom. The molecular formula is C19H27N3O. The van der Waals surface area contributed by atoms with Gasteiger partial charge in [0, 0.05) is 50.6 Å². The van der Waals surface area contributed by atoms with Gasteiger partial charge in [-0.3, -0.25) is 9.69 Å². The van der Waals surface area contributed by atoms with Crippen molar-refractivity contribution in [3.8, 4) is 0 Å². The van der Waals surface area contributed by atoms with Crippen LogP contribution in [0.25, 0.3) is 0 Å². The van der Waals surface area contributed by atoms with Gasteiger partial charge in [-0.25, -0.2) is 0 Å². The van der Waals surface area contributed by atoms with E-state index in [9.17, 15) is 4.79 Å². The maximum absolute atomic E-state index is 12.6. The Labute approximate surface area is 138 Å². The van der Waals surface area contributed by atoms with E-state index in [-0.39, 0.29) is 17.2 Å². The molecule has 2 unspecified atom stereocenters. The van der Waals surface area contributed by atoms with Crippen molar-refractivity contribution >= 4 is 5.91 Å². The number of aryl methyl sites for hydroxylation is 1. The molecule has 1 aliphatic heterocycles. The van der Waals surface area contributed by atoms with E-state index in [1.165, 1.54) is 30.4 Å². The van der Waals surface area contributed by atoms with E-state index in [1.807, 2.05) is 0 Å². The Morgan fingerprint density at radius 2 is 2.13 bits per heavy atom. The van der Waals surface area contributed by atoms with E-state index < -0.39 is 0 Å². The summed E-state index contributed by atoms with van der Waals surface area (Å²) in [5.41, 5.74) is 3.08. The lowest BCUT2D eigenvalue weighted by molar-refractivity contribution is -0.122. The van der Waals surface area contributed by atoms with Crippen LogP contribution in [0.5, 0.6) is 0 Å². The number of fused-ring (bicyclic) bond motifs is 2. The fourth-order valence-corrected chi connectivity index (χ4v) is 4.57. The molecule has 0 radical (unpaired) electrons. The predicted octanol–water partition coefficient (Wildman–Crippen LogP) is 1.30. The number of amides is 1. The zero-order valence-electron chi connectivity index (χ0n) is 13.8. The summed E-state index contributed by atoms with van der Waals surface area (Å²) >= 11 is 0. The summed E-state index contributed by atoms with van der Waals surface area (Å²) in [6, 6.07) is 8.75. The molecule has 2 N–H and O–H groups in total. The maximum atomic E-state index is 12.6. The highest BCUT2D eigenvalue weighted by Crippen LogP contribution is 2.60. The van der Waals surface area contributed by atoms with Gasteiger partial charge in [-0.15, -0.1) is 0 Å². The van der Waals surface area contributed by atoms with E-state index in [2.05, 4.69) is 39.8 Å². The van der Waals surface area contributed by atoms with E-state index in [1.54, 1.807) is 0 Å². The molecule has 2 atom stereocenters. The van der Waals surface area contributed by atoms with Crippen LogP contribution in [0.2, 0.25) is 0 Å². The fourth-order valence-electron chi connectivity index (χ4n) is 4.57. The Hall–Kier alpha value is -1.39. The summed E-state index contributed by atoms with van der Waals surface area (Å²) in [5, 5.41) is 6.55. The van der Waals surface area contributed by atoms with Crippen molar-refractivity contribution in [2.75, 3.05) is 39.3 Å². The topological polar surface area (TPSA) is 44.4 Å². The quantitative estimate of drug-likeness (QED) is 0.881. The Balaban J connectivity index is 1.33. The molecule has 1 aromatic rings. The van der Waals surface area contributed by atoms with Crippen LogP contribution in [-0.4, -0.2) is 50.1 Å². The molecular weight excluding hydrogens is 286 g/mol. The monoisotopic (exact) mass is 313 g/mol. The lowest BCUT2D eigenvalue weighted by Gasteiger charge is -2.28. The highest BCUT2D eigenvalue weighted by Gasteiger charge is 2.59. The highest BCUT2D eigenvalue weighted by molar-refractivity contribution is 5.84. The first-order chi connectivity index (χ1) is 11.3. The Morgan fingerprint density at radius 1 is 1.30 bits per heavy atom. The molecule has 1 spiro atoms. The summed E-state index contributed by atoms with van der Waals surface area (Å²) in [6.07, 6.45) is 4.63. The first-order valence-electron chi connectivity index (χ1n) is 9.09. The Kier molecular flexibility index (Phi) is 4.12.